The van der Waals surface area contributed by atoms with E-state index < -0.39 is 39.0 Å². The first-order valence-electron chi connectivity index (χ1n) is 31.4. The largest absolute Gasteiger partial charge is 0.490 e. The van der Waals surface area contributed by atoms with Crippen LogP contribution in [0.15, 0.2) is 78.9 Å². The number of unbranched alkanes of at least 4 members (excludes halogenated alkanes) is 24. The van der Waals surface area contributed by atoms with Crippen molar-refractivity contribution in [3.63, 3.8) is 0 Å². The average Bonchev–Trinajstić information content (AvgIpc) is 3.48. The van der Waals surface area contributed by atoms with Crippen LogP contribution in [-0.2, 0) is 41.4 Å². The molecule has 78 heavy (non-hydrogen) atoms. The van der Waals surface area contributed by atoms with Crippen LogP contribution in [-0.4, -0.2) is 70.7 Å². The summed E-state index contributed by atoms with van der Waals surface area (Å²) in [6.07, 6.45) is 28.8. The molecule has 10 nitrogen and oxygen atoms in total. The number of benzene rings is 3. The van der Waals surface area contributed by atoms with Crippen molar-refractivity contribution < 1.29 is 42.4 Å². The number of amides is 1. The van der Waals surface area contributed by atoms with Gasteiger partial charge in [0.2, 0.25) is 0 Å². The SMILES string of the molecule is CCCCCCCCCCCCCC(=O)O[C@@H]1[C@H](NC(=O)c2ccc(OCCCCCCCCCC)c(OCCCCCCCCCC)c2)[C@@H](OCc2ccccc2)O[C@H](CO[Si](C)(C)C(C)(C)C)[C@H]1OCc1ccccc1. The summed E-state index contributed by atoms with van der Waals surface area (Å²) in [4.78, 5) is 29.3. The lowest BCUT2D eigenvalue weighted by molar-refractivity contribution is -0.284. The zero-order valence-electron chi connectivity index (χ0n) is 50.4. The molecular formula is C67H109NO9Si. The molecule has 0 unspecified atom stereocenters. The van der Waals surface area contributed by atoms with Crippen molar-refractivity contribution in [2.24, 2.45) is 0 Å². The van der Waals surface area contributed by atoms with Crippen molar-refractivity contribution in [1.29, 1.82) is 0 Å². The van der Waals surface area contributed by atoms with E-state index in [0.717, 1.165) is 49.7 Å². The van der Waals surface area contributed by atoms with Gasteiger partial charge in [0.1, 0.15) is 18.2 Å². The Kier molecular flexibility index (Phi) is 33.9. The third kappa shape index (κ3) is 26.7. The molecule has 0 saturated carbocycles. The fraction of sp³-hybridized carbons (Fsp3) is 0.701. The second-order valence-electron chi connectivity index (χ2n) is 23.7. The monoisotopic (exact) mass is 1100 g/mol. The number of hydrogen-bond acceptors (Lipinski definition) is 9. The zero-order valence-corrected chi connectivity index (χ0v) is 51.4. The van der Waals surface area contributed by atoms with Gasteiger partial charge in [-0.15, -0.1) is 0 Å². The van der Waals surface area contributed by atoms with Crippen molar-refractivity contribution in [2.45, 2.75) is 283 Å². The van der Waals surface area contributed by atoms with Crippen LogP contribution in [0, 0.1) is 0 Å². The number of rotatable bonds is 44. The third-order valence-electron chi connectivity index (χ3n) is 15.9. The fourth-order valence-electron chi connectivity index (χ4n) is 9.80. The Labute approximate surface area is 476 Å². The Balaban J connectivity index is 1.64. The lowest BCUT2D eigenvalue weighted by Crippen LogP contribution is -2.66. The minimum Gasteiger partial charge on any atom is -0.490 e. The minimum absolute atomic E-state index is 0.0765. The van der Waals surface area contributed by atoms with Crippen LogP contribution in [0.1, 0.15) is 243 Å². The van der Waals surface area contributed by atoms with Crippen LogP contribution >= 0.6 is 0 Å². The molecule has 4 rings (SSSR count). The molecule has 3 aromatic rings. The minimum atomic E-state index is -2.31. The molecule has 0 radical (unpaired) electrons. The maximum Gasteiger partial charge on any atom is 0.306 e. The van der Waals surface area contributed by atoms with E-state index in [1.807, 2.05) is 66.7 Å². The van der Waals surface area contributed by atoms with E-state index in [9.17, 15) is 9.59 Å². The quantitative estimate of drug-likeness (QED) is 0.0336. The number of nitrogens with one attached hydrogen (secondary N) is 1. The molecule has 0 spiro atoms. The summed E-state index contributed by atoms with van der Waals surface area (Å²) in [5.41, 5.74) is 2.28. The van der Waals surface area contributed by atoms with Crippen LogP contribution < -0.4 is 14.8 Å². The Morgan fingerprint density at radius 1 is 0.538 bits per heavy atom. The second kappa shape index (κ2) is 39.6. The number of carbonyl (C=O) groups is 2. The van der Waals surface area contributed by atoms with Crippen molar-refractivity contribution >= 4 is 20.2 Å². The second-order valence-corrected chi connectivity index (χ2v) is 28.5. The van der Waals surface area contributed by atoms with Crippen molar-refractivity contribution in [3.8, 4) is 11.5 Å². The van der Waals surface area contributed by atoms with Crippen LogP contribution in [0.2, 0.25) is 18.1 Å². The number of esters is 1. The van der Waals surface area contributed by atoms with Gasteiger partial charge in [0.15, 0.2) is 32.2 Å². The number of carbonyl (C=O) groups excluding carboxylic acids is 2. The predicted molar refractivity (Wildman–Crippen MR) is 323 cm³/mol. The molecule has 1 aliphatic heterocycles. The summed E-state index contributed by atoms with van der Waals surface area (Å²) in [5.74, 6) is 0.453. The highest BCUT2D eigenvalue weighted by molar-refractivity contribution is 6.74. The summed E-state index contributed by atoms with van der Waals surface area (Å²) < 4.78 is 47.1. The fourth-order valence-corrected chi connectivity index (χ4v) is 10.8. The highest BCUT2D eigenvalue weighted by Gasteiger charge is 2.51. The molecule has 5 atom stereocenters. The molecular weight excluding hydrogens is 991 g/mol. The van der Waals surface area contributed by atoms with Crippen LogP contribution in [0.4, 0.5) is 0 Å². The van der Waals surface area contributed by atoms with Gasteiger partial charge in [-0.05, 0) is 66.7 Å². The maximum atomic E-state index is 15.0. The molecule has 1 fully saturated rings. The molecule has 0 aliphatic carbocycles. The lowest BCUT2D eigenvalue weighted by Gasteiger charge is -2.47. The van der Waals surface area contributed by atoms with E-state index in [4.69, 9.17) is 32.8 Å². The summed E-state index contributed by atoms with van der Waals surface area (Å²) in [6, 6.07) is 24.4. The zero-order chi connectivity index (χ0) is 56.1. The van der Waals surface area contributed by atoms with Gasteiger partial charge < -0.3 is 38.2 Å². The molecule has 1 amide bonds. The molecule has 440 valence electrons. The number of hydrogen-bond donors (Lipinski definition) is 1. The van der Waals surface area contributed by atoms with Crippen LogP contribution in [0.25, 0.3) is 0 Å². The highest BCUT2D eigenvalue weighted by atomic mass is 28.4. The predicted octanol–water partition coefficient (Wildman–Crippen LogP) is 18.0. The maximum absolute atomic E-state index is 15.0. The highest BCUT2D eigenvalue weighted by Crippen LogP contribution is 2.38. The Bertz CT molecular complexity index is 1990. The number of ether oxygens (including phenoxy) is 6. The standard InChI is InChI=1S/C67H109NO9Si/c1-9-12-15-18-21-24-25-26-27-30-39-46-61(69)77-64-62(66(74-53-56-44-37-34-38-45-56)76-60(54-75-78(7,8)67(4,5)6)63(64)73-52-55-42-35-33-36-43-55)68-65(70)57-47-48-58(71-49-40-31-28-22-19-16-13-10-2)59(51-57)72-50-41-32-29-23-20-17-14-11-3/h33-38,42-45,47-48,51,60,62-64,66H,9-32,39-41,46,49-50,52-54H2,1-8H3,(H,68,70)/t60-,62+,63-,64-,66+/m1/s1. The first kappa shape index (κ1) is 66.8. The molecule has 3 aromatic carbocycles. The summed E-state index contributed by atoms with van der Waals surface area (Å²) in [5, 5.41) is 3.22. The van der Waals surface area contributed by atoms with Crippen molar-refractivity contribution in [1.82, 2.24) is 5.32 Å². The molecule has 0 bridgehead atoms. The first-order chi connectivity index (χ1) is 37.9. The van der Waals surface area contributed by atoms with Crippen LogP contribution in [0.5, 0.6) is 11.5 Å². The molecule has 1 N–H and O–H groups in total. The summed E-state index contributed by atoms with van der Waals surface area (Å²) >= 11 is 0. The first-order valence-corrected chi connectivity index (χ1v) is 34.3. The summed E-state index contributed by atoms with van der Waals surface area (Å²) in [7, 11) is -2.31. The molecule has 1 heterocycles. The van der Waals surface area contributed by atoms with Crippen molar-refractivity contribution in [2.75, 3.05) is 19.8 Å². The van der Waals surface area contributed by atoms with Gasteiger partial charge in [0, 0.05) is 12.0 Å². The van der Waals surface area contributed by atoms with Crippen LogP contribution in [0.3, 0.4) is 0 Å². The Morgan fingerprint density at radius 2 is 0.987 bits per heavy atom. The molecule has 11 heteroatoms. The molecule has 1 saturated heterocycles. The van der Waals surface area contributed by atoms with Gasteiger partial charge in [-0.2, -0.15) is 0 Å². The van der Waals surface area contributed by atoms with Gasteiger partial charge in [-0.1, -0.05) is 256 Å². The van der Waals surface area contributed by atoms with E-state index in [1.54, 1.807) is 12.1 Å². The van der Waals surface area contributed by atoms with Crippen molar-refractivity contribution in [3.05, 3.63) is 95.6 Å². The smallest absolute Gasteiger partial charge is 0.306 e. The Hall–Kier alpha value is -3.74. The van der Waals surface area contributed by atoms with E-state index in [-0.39, 0.29) is 43.2 Å². The normalized spacial score (nSPS) is 17.7. The third-order valence-corrected chi connectivity index (χ3v) is 20.4. The van der Waals surface area contributed by atoms with Gasteiger partial charge in [0.25, 0.3) is 5.91 Å². The Morgan fingerprint density at radius 3 is 1.47 bits per heavy atom. The van der Waals surface area contributed by atoms with E-state index in [1.165, 1.54) is 128 Å². The molecule has 0 aromatic heterocycles. The average molecular weight is 1100 g/mol. The van der Waals surface area contributed by atoms with Gasteiger partial charge in [-0.25, -0.2) is 0 Å². The van der Waals surface area contributed by atoms with E-state index >= 15 is 0 Å². The van der Waals surface area contributed by atoms with E-state index in [2.05, 4.69) is 60.0 Å². The lowest BCUT2D eigenvalue weighted by atomic mass is 9.95. The van der Waals surface area contributed by atoms with Gasteiger partial charge in [-0.3, -0.25) is 9.59 Å². The van der Waals surface area contributed by atoms with Gasteiger partial charge in [0.05, 0.1) is 33.0 Å². The van der Waals surface area contributed by atoms with Gasteiger partial charge >= 0.3 is 5.97 Å². The molecule has 1 aliphatic rings. The topological polar surface area (TPSA) is 111 Å². The van der Waals surface area contributed by atoms with E-state index in [0.29, 0.717) is 36.7 Å². The summed E-state index contributed by atoms with van der Waals surface area (Å²) in [6.45, 7) is 19.5.